The molecule has 0 rings (SSSR count). The summed E-state index contributed by atoms with van der Waals surface area (Å²) in [5.41, 5.74) is -0.0303. The summed E-state index contributed by atoms with van der Waals surface area (Å²) in [6, 6.07) is 0. The minimum absolute atomic E-state index is 0.114. The van der Waals surface area contributed by atoms with Gasteiger partial charge >= 0.3 is 5.97 Å². The predicted molar refractivity (Wildman–Crippen MR) is 134 cm³/mol. The summed E-state index contributed by atoms with van der Waals surface area (Å²) in [5, 5.41) is 16.3. The van der Waals surface area contributed by atoms with Crippen LogP contribution in [0.3, 0.4) is 0 Å². The summed E-state index contributed by atoms with van der Waals surface area (Å²) in [7, 11) is 2.85. The maximum absolute atomic E-state index is 12.1. The fourth-order valence-electron chi connectivity index (χ4n) is 2.94. The quantitative estimate of drug-likeness (QED) is 0.145. The Kier molecular flexibility index (Phi) is 16.0. The predicted octanol–water partition coefficient (Wildman–Crippen LogP) is 3.01. The third kappa shape index (κ3) is 13.6. The Balaban J connectivity index is 4.25. The van der Waals surface area contributed by atoms with Crippen molar-refractivity contribution in [1.29, 1.82) is 0 Å². The summed E-state index contributed by atoms with van der Waals surface area (Å²) in [5.74, 6) is 0.635. The summed E-state index contributed by atoms with van der Waals surface area (Å²) >= 11 is 1.47. The normalized spacial score (nSPS) is 14.0. The highest BCUT2D eigenvalue weighted by atomic mass is 32.2. The van der Waals surface area contributed by atoms with Gasteiger partial charge in [0.2, 0.25) is 5.91 Å². The average molecular weight is 489 g/mol. The zero-order valence-corrected chi connectivity index (χ0v) is 22.0. The van der Waals surface area contributed by atoms with Crippen LogP contribution in [-0.4, -0.2) is 74.1 Å². The van der Waals surface area contributed by atoms with Gasteiger partial charge in [0.1, 0.15) is 11.9 Å². The van der Waals surface area contributed by atoms with Crippen LogP contribution in [-0.2, 0) is 23.8 Å². The average Bonchev–Trinajstić information content (AvgIpc) is 2.78. The van der Waals surface area contributed by atoms with Gasteiger partial charge in [-0.2, -0.15) is 0 Å². The summed E-state index contributed by atoms with van der Waals surface area (Å²) in [6.45, 7) is 17.0. The van der Waals surface area contributed by atoms with Crippen LogP contribution in [0.25, 0.3) is 0 Å². The van der Waals surface area contributed by atoms with E-state index in [9.17, 15) is 14.7 Å². The molecule has 0 aromatic heterocycles. The Morgan fingerprint density at radius 2 is 1.79 bits per heavy atom. The highest BCUT2D eigenvalue weighted by molar-refractivity contribution is 8.00. The molecule has 192 valence electrons. The molecule has 0 aliphatic carbocycles. The van der Waals surface area contributed by atoms with Gasteiger partial charge in [0.05, 0.1) is 38.6 Å². The molecule has 0 bridgehead atoms. The third-order valence-corrected chi connectivity index (χ3v) is 6.43. The minimum Gasteiger partial charge on any atom is -0.501 e. The number of carbonyl (C=O) groups is 2. The maximum Gasteiger partial charge on any atom is 0.307 e. The van der Waals surface area contributed by atoms with Crippen LogP contribution in [0.5, 0.6) is 0 Å². The molecule has 1 amide bonds. The van der Waals surface area contributed by atoms with Gasteiger partial charge < -0.3 is 30.0 Å². The lowest BCUT2D eigenvalue weighted by Gasteiger charge is -2.33. The zero-order valence-electron chi connectivity index (χ0n) is 21.2. The number of carbonyl (C=O) groups excluding carboxylic acids is 2. The number of rotatable bonds is 19. The van der Waals surface area contributed by atoms with Crippen molar-refractivity contribution in [1.82, 2.24) is 10.6 Å². The first-order valence-corrected chi connectivity index (χ1v) is 12.4. The topological polar surface area (TPSA) is 106 Å². The molecule has 0 saturated carbocycles. The Labute approximate surface area is 203 Å². The first kappa shape index (κ1) is 31.3. The van der Waals surface area contributed by atoms with E-state index in [2.05, 4.69) is 30.7 Å². The maximum atomic E-state index is 12.1. The largest absolute Gasteiger partial charge is 0.501 e. The van der Waals surface area contributed by atoms with E-state index < -0.39 is 11.5 Å². The number of nitrogens with one attached hydrogen (secondary N) is 2. The standard InChI is InChI=1S/C24H44N2O6S/c1-9-10-17(2)32-16-24(5,6)23(29)18(3)25-12-11-21(27)26-13-14-33-20(19(4)30-7)15-22(28)31-8/h17,20,23,25,29H,3-4,9-16H2,1-2,5-8H3,(H,26,27)/t17?,20?,23-/m0/s1. The SMILES string of the molecule is C=C(OC)C(CC(=O)OC)SCCNC(=O)CCNC(=C)[C@H](O)C(C)(C)COC(C)CCC. The molecule has 8 nitrogen and oxygen atoms in total. The number of esters is 1. The van der Waals surface area contributed by atoms with Crippen LogP contribution in [0.4, 0.5) is 0 Å². The molecule has 0 fully saturated rings. The molecule has 33 heavy (non-hydrogen) atoms. The van der Waals surface area contributed by atoms with E-state index in [1.807, 2.05) is 20.8 Å². The molecule has 0 aliphatic rings. The summed E-state index contributed by atoms with van der Waals surface area (Å²) < 4.78 is 15.7. The van der Waals surface area contributed by atoms with E-state index in [1.54, 1.807) is 0 Å². The van der Waals surface area contributed by atoms with Gasteiger partial charge in [0.25, 0.3) is 0 Å². The summed E-state index contributed by atoms with van der Waals surface area (Å²) in [4.78, 5) is 23.6. The van der Waals surface area contributed by atoms with E-state index in [0.29, 0.717) is 36.9 Å². The Hall–Kier alpha value is -1.71. The fraction of sp³-hybridized carbons (Fsp3) is 0.750. The minimum atomic E-state index is -0.800. The number of amides is 1. The number of methoxy groups -OCH3 is 2. The second-order valence-corrected chi connectivity index (χ2v) is 9.97. The molecular formula is C24H44N2O6S. The molecule has 0 radical (unpaired) electrons. The lowest BCUT2D eigenvalue weighted by atomic mass is 9.85. The van der Waals surface area contributed by atoms with Crippen LogP contribution >= 0.6 is 11.8 Å². The smallest absolute Gasteiger partial charge is 0.307 e. The number of hydrogen-bond acceptors (Lipinski definition) is 8. The zero-order chi connectivity index (χ0) is 25.4. The summed E-state index contributed by atoms with van der Waals surface area (Å²) in [6.07, 6.45) is 1.79. The second-order valence-electron chi connectivity index (χ2n) is 8.66. The van der Waals surface area contributed by atoms with E-state index in [0.717, 1.165) is 12.8 Å². The fourth-order valence-corrected chi connectivity index (χ4v) is 3.98. The van der Waals surface area contributed by atoms with Gasteiger partial charge in [-0.15, -0.1) is 11.8 Å². The Morgan fingerprint density at radius 3 is 2.36 bits per heavy atom. The van der Waals surface area contributed by atoms with Crippen LogP contribution in [0.15, 0.2) is 24.6 Å². The van der Waals surface area contributed by atoms with Gasteiger partial charge in [-0.25, -0.2) is 0 Å². The monoisotopic (exact) mass is 488 g/mol. The Bertz CT molecular complexity index is 626. The lowest BCUT2D eigenvalue weighted by molar-refractivity contribution is -0.140. The van der Waals surface area contributed by atoms with E-state index in [-0.39, 0.29) is 36.1 Å². The molecule has 0 spiro atoms. The van der Waals surface area contributed by atoms with Crippen LogP contribution in [0, 0.1) is 5.41 Å². The van der Waals surface area contributed by atoms with Crippen molar-refractivity contribution < 1.29 is 28.9 Å². The van der Waals surface area contributed by atoms with Crippen LogP contribution < -0.4 is 10.6 Å². The van der Waals surface area contributed by atoms with Crippen molar-refractivity contribution in [3.8, 4) is 0 Å². The molecule has 3 atom stereocenters. The van der Waals surface area contributed by atoms with Crippen LogP contribution in [0.2, 0.25) is 0 Å². The van der Waals surface area contributed by atoms with Crippen molar-refractivity contribution in [3.63, 3.8) is 0 Å². The van der Waals surface area contributed by atoms with Crippen molar-refractivity contribution >= 4 is 23.6 Å². The van der Waals surface area contributed by atoms with E-state index in [4.69, 9.17) is 14.2 Å². The molecule has 0 aliphatic heterocycles. The van der Waals surface area contributed by atoms with Crippen LogP contribution in [0.1, 0.15) is 53.4 Å². The van der Waals surface area contributed by atoms with E-state index in [1.165, 1.54) is 26.0 Å². The molecule has 0 heterocycles. The highest BCUT2D eigenvalue weighted by Gasteiger charge is 2.31. The van der Waals surface area contributed by atoms with E-state index >= 15 is 0 Å². The van der Waals surface area contributed by atoms with Crippen molar-refractivity contribution in [2.24, 2.45) is 5.41 Å². The highest BCUT2D eigenvalue weighted by Crippen LogP contribution is 2.26. The number of thioether (sulfide) groups is 1. The molecule has 9 heteroatoms. The molecule has 3 N–H and O–H groups in total. The molecule has 0 saturated heterocycles. The number of aliphatic hydroxyl groups is 1. The molecular weight excluding hydrogens is 444 g/mol. The van der Waals surface area contributed by atoms with Crippen molar-refractivity contribution in [3.05, 3.63) is 24.6 Å². The number of ether oxygens (including phenoxy) is 3. The number of aliphatic hydroxyl groups excluding tert-OH is 1. The van der Waals surface area contributed by atoms with Gasteiger partial charge in [-0.3, -0.25) is 9.59 Å². The lowest BCUT2D eigenvalue weighted by Crippen LogP contribution is -2.40. The molecule has 0 aromatic rings. The number of hydrogen-bond donors (Lipinski definition) is 3. The van der Waals surface area contributed by atoms with Gasteiger partial charge in [0.15, 0.2) is 0 Å². The Morgan fingerprint density at radius 1 is 1.12 bits per heavy atom. The molecule has 0 aromatic carbocycles. The van der Waals surface area contributed by atoms with Gasteiger partial charge in [0, 0.05) is 36.4 Å². The van der Waals surface area contributed by atoms with Crippen molar-refractivity contribution in [2.75, 3.05) is 39.7 Å². The van der Waals surface area contributed by atoms with Gasteiger partial charge in [-0.1, -0.05) is 40.3 Å². The molecule has 2 unspecified atom stereocenters. The first-order valence-electron chi connectivity index (χ1n) is 11.4. The van der Waals surface area contributed by atoms with Gasteiger partial charge in [-0.05, 0) is 13.3 Å². The first-order chi connectivity index (χ1) is 15.5. The third-order valence-electron chi connectivity index (χ3n) is 5.15. The van der Waals surface area contributed by atoms with Crippen molar-refractivity contribution in [2.45, 2.75) is 70.8 Å². The second kappa shape index (κ2) is 16.8.